The summed E-state index contributed by atoms with van der Waals surface area (Å²) in [5, 5.41) is 13.3. The van der Waals surface area contributed by atoms with Gasteiger partial charge in [-0.05, 0) is 13.0 Å². The molecule has 0 saturated heterocycles. The van der Waals surface area contributed by atoms with Crippen LogP contribution < -0.4 is 0 Å². The molecule has 4 heteroatoms. The third kappa shape index (κ3) is 2.32. The van der Waals surface area contributed by atoms with Gasteiger partial charge in [0.2, 0.25) is 0 Å². The van der Waals surface area contributed by atoms with E-state index in [4.69, 9.17) is 4.74 Å². The molecular formula is C8H13N2O2. The number of methoxy groups -OCH3 is 1. The maximum absolute atomic E-state index is 9.35. The van der Waals surface area contributed by atoms with E-state index in [0.29, 0.717) is 13.2 Å². The van der Waals surface area contributed by atoms with E-state index in [-0.39, 0.29) is 0 Å². The quantitative estimate of drug-likeness (QED) is 0.690. The van der Waals surface area contributed by atoms with E-state index in [0.717, 1.165) is 5.69 Å². The van der Waals surface area contributed by atoms with Crippen molar-refractivity contribution in [1.29, 1.82) is 0 Å². The fourth-order valence-electron chi connectivity index (χ4n) is 0.975. The minimum atomic E-state index is -0.498. The van der Waals surface area contributed by atoms with Gasteiger partial charge in [-0.3, -0.25) is 4.68 Å². The number of rotatable bonds is 4. The molecule has 0 aliphatic heterocycles. The Labute approximate surface area is 71.8 Å². The van der Waals surface area contributed by atoms with Crippen LogP contribution in [0.5, 0.6) is 0 Å². The van der Waals surface area contributed by atoms with Crippen LogP contribution in [0, 0.1) is 13.1 Å². The van der Waals surface area contributed by atoms with Crippen molar-refractivity contribution in [3.05, 3.63) is 18.0 Å². The second-order valence-electron chi connectivity index (χ2n) is 2.71. The fraction of sp³-hybridized carbons (Fsp3) is 0.625. The lowest BCUT2D eigenvalue weighted by molar-refractivity contribution is 0.0510. The fourth-order valence-corrected chi connectivity index (χ4v) is 0.975. The molecule has 1 aromatic heterocycles. The highest BCUT2D eigenvalue weighted by Crippen LogP contribution is 1.97. The molecule has 0 spiro atoms. The lowest BCUT2D eigenvalue weighted by atomic mass is 10.3. The molecule has 0 amide bonds. The van der Waals surface area contributed by atoms with E-state index < -0.39 is 6.10 Å². The van der Waals surface area contributed by atoms with Crippen LogP contribution in [0.25, 0.3) is 0 Å². The Bertz CT molecular complexity index is 235. The second-order valence-corrected chi connectivity index (χ2v) is 2.71. The molecule has 1 N–H and O–H groups in total. The normalized spacial score (nSPS) is 13.2. The van der Waals surface area contributed by atoms with Gasteiger partial charge in [0.1, 0.15) is 6.20 Å². The van der Waals surface area contributed by atoms with Crippen LogP contribution in [0.15, 0.2) is 6.07 Å². The Morgan fingerprint density at radius 3 is 3.08 bits per heavy atom. The van der Waals surface area contributed by atoms with Crippen molar-refractivity contribution in [3.8, 4) is 0 Å². The highest BCUT2D eigenvalue weighted by Gasteiger charge is 2.05. The van der Waals surface area contributed by atoms with E-state index in [9.17, 15) is 5.11 Å². The monoisotopic (exact) mass is 169 g/mol. The van der Waals surface area contributed by atoms with Gasteiger partial charge in [0.15, 0.2) is 0 Å². The molecule has 12 heavy (non-hydrogen) atoms. The Balaban J connectivity index is 2.46. The van der Waals surface area contributed by atoms with E-state index in [1.807, 2.05) is 6.92 Å². The molecule has 0 aliphatic rings. The van der Waals surface area contributed by atoms with Crippen molar-refractivity contribution in [2.24, 2.45) is 0 Å². The van der Waals surface area contributed by atoms with Crippen LogP contribution in [0.3, 0.4) is 0 Å². The summed E-state index contributed by atoms with van der Waals surface area (Å²) in [5.74, 6) is 0. The average Bonchev–Trinajstić information content (AvgIpc) is 2.37. The Hall–Kier alpha value is -0.870. The van der Waals surface area contributed by atoms with Crippen molar-refractivity contribution >= 4 is 0 Å². The summed E-state index contributed by atoms with van der Waals surface area (Å²) in [6, 6.07) is 1.78. The first-order valence-corrected chi connectivity index (χ1v) is 3.81. The van der Waals surface area contributed by atoms with Crippen molar-refractivity contribution in [3.63, 3.8) is 0 Å². The number of nitrogens with zero attached hydrogens (tertiary/aromatic N) is 2. The number of aliphatic hydroxyl groups excluding tert-OH is 1. The highest BCUT2D eigenvalue weighted by atomic mass is 16.5. The number of aromatic nitrogens is 2. The smallest absolute Gasteiger partial charge is 0.113 e. The number of hydrogen-bond donors (Lipinski definition) is 1. The summed E-state index contributed by atoms with van der Waals surface area (Å²) >= 11 is 0. The van der Waals surface area contributed by atoms with Crippen LogP contribution in [0.1, 0.15) is 5.69 Å². The SMILES string of the molecule is COC[C@H](O)Cn1n[c]cc1C. The minimum Gasteiger partial charge on any atom is -0.389 e. The van der Waals surface area contributed by atoms with Crippen molar-refractivity contribution in [1.82, 2.24) is 9.78 Å². The van der Waals surface area contributed by atoms with Crippen molar-refractivity contribution < 1.29 is 9.84 Å². The zero-order chi connectivity index (χ0) is 8.97. The van der Waals surface area contributed by atoms with Gasteiger partial charge < -0.3 is 9.84 Å². The molecule has 1 rings (SSSR count). The first kappa shape index (κ1) is 9.22. The number of aryl methyl sites for hydroxylation is 1. The lowest BCUT2D eigenvalue weighted by Crippen LogP contribution is -2.22. The van der Waals surface area contributed by atoms with Crippen LogP contribution >= 0.6 is 0 Å². The molecule has 0 fully saturated rings. The zero-order valence-electron chi connectivity index (χ0n) is 7.32. The van der Waals surface area contributed by atoms with E-state index >= 15 is 0 Å². The minimum absolute atomic E-state index is 0.333. The van der Waals surface area contributed by atoms with Gasteiger partial charge in [0.25, 0.3) is 0 Å². The summed E-state index contributed by atoms with van der Waals surface area (Å²) in [5.41, 5.74) is 0.991. The van der Waals surface area contributed by atoms with Crippen molar-refractivity contribution in [2.45, 2.75) is 19.6 Å². The molecule has 0 saturated carbocycles. The predicted molar refractivity (Wildman–Crippen MR) is 43.7 cm³/mol. The number of aliphatic hydroxyl groups is 1. The Morgan fingerprint density at radius 1 is 1.83 bits per heavy atom. The van der Waals surface area contributed by atoms with Gasteiger partial charge >= 0.3 is 0 Å². The van der Waals surface area contributed by atoms with Gasteiger partial charge in [-0.1, -0.05) is 0 Å². The molecule has 1 radical (unpaired) electrons. The summed E-state index contributed by atoms with van der Waals surface area (Å²) < 4.78 is 6.49. The van der Waals surface area contributed by atoms with Gasteiger partial charge in [-0.15, -0.1) is 0 Å². The standard InChI is InChI=1S/C8H13N2O2/c1-7-3-4-9-10(7)5-8(11)6-12-2/h3,8,11H,5-6H2,1-2H3/t8-/m1/s1. The maximum Gasteiger partial charge on any atom is 0.113 e. The summed E-state index contributed by atoms with van der Waals surface area (Å²) in [6.07, 6.45) is 2.21. The number of hydrogen-bond acceptors (Lipinski definition) is 3. The number of ether oxygens (including phenoxy) is 1. The van der Waals surface area contributed by atoms with E-state index in [2.05, 4.69) is 11.3 Å². The molecule has 1 aromatic rings. The lowest BCUT2D eigenvalue weighted by Gasteiger charge is -2.10. The molecule has 0 unspecified atom stereocenters. The van der Waals surface area contributed by atoms with Crippen LogP contribution in [0.4, 0.5) is 0 Å². The van der Waals surface area contributed by atoms with Crippen LogP contribution in [0.2, 0.25) is 0 Å². The van der Waals surface area contributed by atoms with Crippen molar-refractivity contribution in [2.75, 3.05) is 13.7 Å². The first-order chi connectivity index (χ1) is 5.74. The molecular weight excluding hydrogens is 156 g/mol. The molecule has 67 valence electrons. The van der Waals surface area contributed by atoms with Crippen LogP contribution in [-0.2, 0) is 11.3 Å². The Morgan fingerprint density at radius 2 is 2.58 bits per heavy atom. The second kappa shape index (κ2) is 4.23. The van der Waals surface area contributed by atoms with E-state index in [1.54, 1.807) is 17.9 Å². The molecule has 1 heterocycles. The first-order valence-electron chi connectivity index (χ1n) is 3.81. The third-order valence-electron chi connectivity index (χ3n) is 1.60. The molecule has 0 aromatic carbocycles. The molecule has 0 bridgehead atoms. The molecule has 1 atom stereocenters. The van der Waals surface area contributed by atoms with Gasteiger partial charge in [-0.25, -0.2) is 0 Å². The van der Waals surface area contributed by atoms with Gasteiger partial charge in [-0.2, -0.15) is 5.10 Å². The third-order valence-corrected chi connectivity index (χ3v) is 1.60. The molecule has 0 aliphatic carbocycles. The largest absolute Gasteiger partial charge is 0.389 e. The summed E-state index contributed by atoms with van der Waals surface area (Å²) in [7, 11) is 1.56. The summed E-state index contributed by atoms with van der Waals surface area (Å²) in [4.78, 5) is 0. The Kier molecular flexibility index (Phi) is 3.25. The van der Waals surface area contributed by atoms with Crippen LogP contribution in [-0.4, -0.2) is 34.7 Å². The maximum atomic E-state index is 9.35. The topological polar surface area (TPSA) is 47.3 Å². The zero-order valence-corrected chi connectivity index (χ0v) is 7.32. The summed E-state index contributed by atoms with van der Waals surface area (Å²) in [6.45, 7) is 2.71. The predicted octanol–water partition coefficient (Wildman–Crippen LogP) is -0.000990. The highest BCUT2D eigenvalue weighted by molar-refractivity contribution is 4.95. The van der Waals surface area contributed by atoms with Gasteiger partial charge in [0.05, 0.1) is 19.3 Å². The van der Waals surface area contributed by atoms with Gasteiger partial charge in [0, 0.05) is 12.8 Å². The molecule has 4 nitrogen and oxygen atoms in total. The average molecular weight is 169 g/mol. The van der Waals surface area contributed by atoms with E-state index in [1.165, 1.54) is 0 Å².